The molecule has 1 N–H and O–H groups in total. The maximum absolute atomic E-state index is 13.3. The quantitative estimate of drug-likeness (QED) is 0.278. The van der Waals surface area contributed by atoms with Crippen LogP contribution >= 0.6 is 0 Å². The van der Waals surface area contributed by atoms with Gasteiger partial charge in [0.1, 0.15) is 11.3 Å². The van der Waals surface area contributed by atoms with Crippen molar-refractivity contribution in [2.24, 2.45) is 0 Å². The highest BCUT2D eigenvalue weighted by Gasteiger charge is 2.46. The van der Waals surface area contributed by atoms with Gasteiger partial charge in [0.25, 0.3) is 11.7 Å². The van der Waals surface area contributed by atoms with Crippen molar-refractivity contribution in [3.63, 3.8) is 0 Å². The normalized spacial score (nSPS) is 17.6. The molecular weight excluding hydrogens is 428 g/mol. The fourth-order valence-corrected chi connectivity index (χ4v) is 4.54. The first kappa shape index (κ1) is 21.6. The molecular formula is C27H24N4O3. The number of aromatic nitrogens is 3. The molecule has 5 rings (SSSR count). The Morgan fingerprint density at radius 1 is 1.03 bits per heavy atom. The van der Waals surface area contributed by atoms with Gasteiger partial charge < -0.3 is 10.0 Å². The molecule has 1 aromatic carbocycles. The van der Waals surface area contributed by atoms with Crippen LogP contribution < -0.4 is 0 Å². The van der Waals surface area contributed by atoms with E-state index in [0.717, 1.165) is 23.1 Å². The van der Waals surface area contributed by atoms with Crippen molar-refractivity contribution in [1.29, 1.82) is 0 Å². The van der Waals surface area contributed by atoms with Crippen LogP contribution in [0, 0.1) is 6.92 Å². The number of aliphatic hydroxyl groups is 1. The summed E-state index contributed by atoms with van der Waals surface area (Å²) in [4.78, 5) is 36.7. The van der Waals surface area contributed by atoms with E-state index in [-0.39, 0.29) is 17.9 Å². The van der Waals surface area contributed by atoms with E-state index in [4.69, 9.17) is 0 Å². The van der Waals surface area contributed by atoms with Gasteiger partial charge in [-0.05, 0) is 48.2 Å². The average Bonchev–Trinajstić information content (AvgIpc) is 3.33. The molecule has 1 saturated heterocycles. The standard InChI is InChI=1S/C27H24N4O3/c1-3-18-9-11-20(12-10-18)24-22(25(32)23-17(2)29-21-8-4-5-14-30(21)23)26(33)27(34)31(24)16-19-7-6-13-28-15-19/h4-15,24,32H,3,16H2,1-2H3/b25-22+. The first-order valence-corrected chi connectivity index (χ1v) is 11.2. The average molecular weight is 453 g/mol. The summed E-state index contributed by atoms with van der Waals surface area (Å²) in [5, 5.41) is 11.5. The lowest BCUT2D eigenvalue weighted by molar-refractivity contribution is -0.140. The molecule has 0 aliphatic carbocycles. The lowest BCUT2D eigenvalue weighted by Crippen LogP contribution is -2.29. The fraction of sp³-hybridized carbons (Fsp3) is 0.185. The number of pyridine rings is 2. The van der Waals surface area contributed by atoms with Crippen LogP contribution in [0.15, 0.2) is 78.8 Å². The van der Waals surface area contributed by atoms with Gasteiger partial charge in [0.15, 0.2) is 5.76 Å². The smallest absolute Gasteiger partial charge is 0.295 e. The Bertz CT molecular complexity index is 1420. The van der Waals surface area contributed by atoms with Crippen molar-refractivity contribution in [2.45, 2.75) is 32.9 Å². The van der Waals surface area contributed by atoms with Crippen LogP contribution in [0.5, 0.6) is 0 Å². The van der Waals surface area contributed by atoms with Crippen LogP contribution in [0.3, 0.4) is 0 Å². The van der Waals surface area contributed by atoms with E-state index in [2.05, 4.69) is 16.9 Å². The second kappa shape index (κ2) is 8.59. The summed E-state index contributed by atoms with van der Waals surface area (Å²) in [6.45, 7) is 4.04. The Kier molecular flexibility index (Phi) is 5.45. The Labute approximate surface area is 197 Å². The first-order chi connectivity index (χ1) is 16.5. The van der Waals surface area contributed by atoms with E-state index in [1.807, 2.05) is 48.5 Å². The van der Waals surface area contributed by atoms with Crippen molar-refractivity contribution in [1.82, 2.24) is 19.3 Å². The number of fused-ring (bicyclic) bond motifs is 1. The van der Waals surface area contributed by atoms with E-state index in [1.165, 1.54) is 4.90 Å². The van der Waals surface area contributed by atoms with Gasteiger partial charge >= 0.3 is 0 Å². The largest absolute Gasteiger partial charge is 0.505 e. The van der Waals surface area contributed by atoms with Gasteiger partial charge in [0.2, 0.25) is 0 Å². The molecule has 0 radical (unpaired) electrons. The molecule has 0 saturated carbocycles. The van der Waals surface area contributed by atoms with Crippen LogP contribution in [-0.2, 0) is 22.6 Å². The molecule has 4 heterocycles. The predicted octanol–water partition coefficient (Wildman–Crippen LogP) is 4.22. The van der Waals surface area contributed by atoms with Gasteiger partial charge in [-0.3, -0.25) is 19.0 Å². The molecule has 7 heteroatoms. The molecule has 1 atom stereocenters. The van der Waals surface area contributed by atoms with Crippen molar-refractivity contribution >= 4 is 23.1 Å². The van der Waals surface area contributed by atoms with Gasteiger partial charge in [-0.15, -0.1) is 0 Å². The number of likely N-dealkylation sites (tertiary alicyclic amines) is 1. The number of amides is 1. The number of benzene rings is 1. The van der Waals surface area contributed by atoms with Crippen LogP contribution in [0.4, 0.5) is 0 Å². The minimum absolute atomic E-state index is 0.0619. The molecule has 170 valence electrons. The third kappa shape index (κ3) is 3.55. The Morgan fingerprint density at radius 3 is 2.53 bits per heavy atom. The van der Waals surface area contributed by atoms with Gasteiger partial charge in [-0.1, -0.05) is 43.3 Å². The number of aliphatic hydroxyl groups excluding tert-OH is 1. The van der Waals surface area contributed by atoms with Crippen LogP contribution in [0.1, 0.15) is 41.0 Å². The molecule has 1 amide bonds. The third-order valence-corrected chi connectivity index (χ3v) is 6.25. The highest BCUT2D eigenvalue weighted by Crippen LogP contribution is 2.40. The van der Waals surface area contributed by atoms with E-state index in [9.17, 15) is 14.7 Å². The second-order valence-electron chi connectivity index (χ2n) is 8.36. The van der Waals surface area contributed by atoms with Crippen molar-refractivity contribution < 1.29 is 14.7 Å². The number of nitrogens with zero attached hydrogens (tertiary/aromatic N) is 4. The molecule has 3 aromatic heterocycles. The number of hydrogen-bond donors (Lipinski definition) is 1. The maximum atomic E-state index is 13.3. The maximum Gasteiger partial charge on any atom is 0.295 e. The highest BCUT2D eigenvalue weighted by molar-refractivity contribution is 6.46. The number of imidazole rings is 1. The molecule has 1 aliphatic rings. The van der Waals surface area contributed by atoms with Crippen molar-refractivity contribution in [3.05, 3.63) is 107 Å². The topological polar surface area (TPSA) is 87.8 Å². The lowest BCUT2D eigenvalue weighted by Gasteiger charge is -2.25. The molecule has 7 nitrogen and oxygen atoms in total. The number of hydrogen-bond acceptors (Lipinski definition) is 5. The summed E-state index contributed by atoms with van der Waals surface area (Å²) in [7, 11) is 0. The summed E-state index contributed by atoms with van der Waals surface area (Å²) in [6.07, 6.45) is 5.98. The SMILES string of the molecule is CCc1ccc(C2/C(=C(\O)c3c(C)nc4ccccn34)C(=O)C(=O)N2Cc2cccnc2)cc1. The number of aryl methyl sites for hydroxylation is 2. The zero-order chi connectivity index (χ0) is 23.8. The van der Waals surface area contributed by atoms with Gasteiger partial charge in [-0.2, -0.15) is 0 Å². The number of rotatable bonds is 5. The third-order valence-electron chi connectivity index (χ3n) is 6.25. The molecule has 1 fully saturated rings. The molecule has 0 bridgehead atoms. The van der Waals surface area contributed by atoms with Gasteiger partial charge in [0.05, 0.1) is 17.3 Å². The Hall–Kier alpha value is -4.26. The molecule has 34 heavy (non-hydrogen) atoms. The first-order valence-electron chi connectivity index (χ1n) is 11.2. The number of carbonyl (C=O) groups is 2. The minimum Gasteiger partial charge on any atom is -0.505 e. The summed E-state index contributed by atoms with van der Waals surface area (Å²) >= 11 is 0. The zero-order valence-corrected chi connectivity index (χ0v) is 19.0. The molecule has 0 spiro atoms. The molecule has 1 aliphatic heterocycles. The van der Waals surface area contributed by atoms with Gasteiger partial charge in [-0.25, -0.2) is 4.98 Å². The van der Waals surface area contributed by atoms with Crippen molar-refractivity contribution in [2.75, 3.05) is 0 Å². The fourth-order valence-electron chi connectivity index (χ4n) is 4.54. The van der Waals surface area contributed by atoms with E-state index in [0.29, 0.717) is 17.0 Å². The molecule has 4 aromatic rings. The van der Waals surface area contributed by atoms with Crippen molar-refractivity contribution in [3.8, 4) is 0 Å². The Balaban J connectivity index is 1.71. The monoisotopic (exact) mass is 452 g/mol. The highest BCUT2D eigenvalue weighted by atomic mass is 16.3. The van der Waals surface area contributed by atoms with E-state index in [1.54, 1.807) is 36.0 Å². The summed E-state index contributed by atoms with van der Waals surface area (Å²) in [6, 6.07) is 16.2. The molecule has 1 unspecified atom stereocenters. The summed E-state index contributed by atoms with van der Waals surface area (Å²) in [5.74, 6) is -1.59. The van der Waals surface area contributed by atoms with Crippen LogP contribution in [0.2, 0.25) is 0 Å². The van der Waals surface area contributed by atoms with E-state index < -0.39 is 17.7 Å². The van der Waals surface area contributed by atoms with Crippen LogP contribution in [-0.4, -0.2) is 36.1 Å². The Morgan fingerprint density at radius 2 is 1.82 bits per heavy atom. The second-order valence-corrected chi connectivity index (χ2v) is 8.36. The van der Waals surface area contributed by atoms with E-state index >= 15 is 0 Å². The lowest BCUT2D eigenvalue weighted by atomic mass is 9.95. The predicted molar refractivity (Wildman–Crippen MR) is 128 cm³/mol. The van der Waals surface area contributed by atoms with Crippen LogP contribution in [0.25, 0.3) is 11.4 Å². The number of carbonyl (C=O) groups excluding carboxylic acids is 2. The number of ketones is 1. The minimum atomic E-state index is -0.736. The summed E-state index contributed by atoms with van der Waals surface area (Å²) in [5.41, 5.74) is 4.39. The number of Topliss-reactive ketones (excluding diaryl/α,β-unsaturated/α-hetero) is 1. The summed E-state index contributed by atoms with van der Waals surface area (Å²) < 4.78 is 1.73. The zero-order valence-electron chi connectivity index (χ0n) is 19.0. The van der Waals surface area contributed by atoms with Gasteiger partial charge in [0, 0.05) is 25.1 Å².